The van der Waals surface area contributed by atoms with Crippen molar-refractivity contribution in [2.45, 2.75) is 6.54 Å². The fraction of sp³-hybridized carbons (Fsp3) is 0.231. The first kappa shape index (κ1) is 13.1. The lowest BCUT2D eigenvalue weighted by Gasteiger charge is -2.18. The monoisotopic (exact) mass is 336 g/mol. The molecule has 20 heavy (non-hydrogen) atoms. The van der Waals surface area contributed by atoms with E-state index in [1.807, 2.05) is 25.2 Å². The van der Waals surface area contributed by atoms with Crippen molar-refractivity contribution in [3.05, 3.63) is 28.4 Å². The Morgan fingerprint density at radius 2 is 2.35 bits per heavy atom. The maximum Gasteiger partial charge on any atom is 0.262 e. The van der Waals surface area contributed by atoms with E-state index in [-0.39, 0.29) is 12.5 Å². The number of rotatable bonds is 3. The van der Waals surface area contributed by atoms with Crippen LogP contribution in [0.4, 0.5) is 5.69 Å². The molecule has 1 aromatic heterocycles. The number of carbonyl (C=O) groups excluding carboxylic acids is 1. The second-order valence-corrected chi connectivity index (χ2v) is 5.24. The van der Waals surface area contributed by atoms with Crippen molar-refractivity contribution in [1.29, 1.82) is 0 Å². The van der Waals surface area contributed by atoms with Crippen LogP contribution >= 0.6 is 15.9 Å². The van der Waals surface area contributed by atoms with Crippen LogP contribution in [0, 0.1) is 0 Å². The Balaban J connectivity index is 1.98. The number of nitrogens with zero attached hydrogens (tertiary/aromatic N) is 1. The van der Waals surface area contributed by atoms with Gasteiger partial charge in [-0.2, -0.15) is 5.10 Å². The van der Waals surface area contributed by atoms with E-state index in [2.05, 4.69) is 36.8 Å². The molecule has 0 spiro atoms. The Kier molecular flexibility index (Phi) is 3.45. The standard InChI is InChI=1S/C13H13BrN4O2/c1-15-5-9-12(14)13(18-17-9)7-2-3-10-8(4-7)16-11(19)6-20-10/h2-4,15H,5-6H2,1H3,(H,16,19)(H,17,18). The molecule has 0 bridgehead atoms. The molecule has 0 saturated carbocycles. The molecule has 7 heteroatoms. The molecule has 2 aromatic rings. The molecule has 1 aliphatic rings. The first-order chi connectivity index (χ1) is 9.69. The van der Waals surface area contributed by atoms with E-state index < -0.39 is 0 Å². The lowest BCUT2D eigenvalue weighted by Crippen LogP contribution is -2.25. The van der Waals surface area contributed by atoms with E-state index in [1.54, 1.807) is 0 Å². The van der Waals surface area contributed by atoms with Gasteiger partial charge in [-0.15, -0.1) is 0 Å². The zero-order valence-corrected chi connectivity index (χ0v) is 12.4. The Hall–Kier alpha value is -1.86. The average Bonchev–Trinajstić information content (AvgIpc) is 2.80. The van der Waals surface area contributed by atoms with Crippen LogP contribution in [0.3, 0.4) is 0 Å². The summed E-state index contributed by atoms with van der Waals surface area (Å²) in [6, 6.07) is 5.61. The number of carbonyl (C=O) groups is 1. The van der Waals surface area contributed by atoms with Gasteiger partial charge in [0.05, 0.1) is 15.9 Å². The highest BCUT2D eigenvalue weighted by molar-refractivity contribution is 9.10. The SMILES string of the molecule is CNCc1[nH]nc(-c2ccc3c(c2)NC(=O)CO3)c1Br. The van der Waals surface area contributed by atoms with E-state index >= 15 is 0 Å². The molecule has 0 aliphatic carbocycles. The summed E-state index contributed by atoms with van der Waals surface area (Å²) in [6.45, 7) is 0.753. The number of fused-ring (bicyclic) bond motifs is 1. The van der Waals surface area contributed by atoms with Gasteiger partial charge in [-0.3, -0.25) is 9.89 Å². The fourth-order valence-electron chi connectivity index (χ4n) is 2.08. The summed E-state index contributed by atoms with van der Waals surface area (Å²) in [7, 11) is 1.87. The van der Waals surface area contributed by atoms with Crippen LogP contribution in [-0.2, 0) is 11.3 Å². The normalized spacial score (nSPS) is 13.6. The lowest BCUT2D eigenvalue weighted by molar-refractivity contribution is -0.118. The Labute approximate surface area is 124 Å². The number of aromatic amines is 1. The number of benzene rings is 1. The zero-order valence-electron chi connectivity index (χ0n) is 10.8. The summed E-state index contributed by atoms with van der Waals surface area (Å²) in [5.74, 6) is 0.530. The maximum atomic E-state index is 11.4. The number of hydrogen-bond acceptors (Lipinski definition) is 4. The topological polar surface area (TPSA) is 79.0 Å². The van der Waals surface area contributed by atoms with Crippen LogP contribution < -0.4 is 15.4 Å². The van der Waals surface area contributed by atoms with Crippen molar-refractivity contribution in [2.75, 3.05) is 19.0 Å². The lowest BCUT2D eigenvalue weighted by atomic mass is 10.1. The van der Waals surface area contributed by atoms with E-state index in [4.69, 9.17) is 4.74 Å². The first-order valence-electron chi connectivity index (χ1n) is 6.13. The highest BCUT2D eigenvalue weighted by atomic mass is 79.9. The third-order valence-corrected chi connectivity index (χ3v) is 3.87. The maximum absolute atomic E-state index is 11.4. The third-order valence-electron chi connectivity index (χ3n) is 3.01. The van der Waals surface area contributed by atoms with Crippen LogP contribution in [0.5, 0.6) is 5.75 Å². The highest BCUT2D eigenvalue weighted by Crippen LogP contribution is 2.35. The summed E-state index contributed by atoms with van der Waals surface area (Å²) in [4.78, 5) is 11.4. The summed E-state index contributed by atoms with van der Waals surface area (Å²) in [6.07, 6.45) is 0. The molecular weight excluding hydrogens is 324 g/mol. The molecule has 2 heterocycles. The van der Waals surface area contributed by atoms with Gasteiger partial charge in [0.25, 0.3) is 5.91 Å². The van der Waals surface area contributed by atoms with Crippen LogP contribution in [-0.4, -0.2) is 29.8 Å². The predicted molar refractivity (Wildman–Crippen MR) is 78.6 cm³/mol. The van der Waals surface area contributed by atoms with Crippen molar-refractivity contribution >= 4 is 27.5 Å². The van der Waals surface area contributed by atoms with Crippen LogP contribution in [0.25, 0.3) is 11.3 Å². The molecule has 0 fully saturated rings. The number of halogens is 1. The van der Waals surface area contributed by atoms with Gasteiger partial charge in [-0.05, 0) is 41.2 Å². The van der Waals surface area contributed by atoms with Crippen molar-refractivity contribution in [3.8, 4) is 17.0 Å². The molecule has 6 nitrogen and oxygen atoms in total. The zero-order chi connectivity index (χ0) is 14.1. The summed E-state index contributed by atoms with van der Waals surface area (Å²) in [5, 5.41) is 13.2. The van der Waals surface area contributed by atoms with E-state index in [0.717, 1.165) is 21.4 Å². The first-order valence-corrected chi connectivity index (χ1v) is 6.92. The number of nitrogens with one attached hydrogen (secondary N) is 3. The molecule has 1 aromatic carbocycles. The summed E-state index contributed by atoms with van der Waals surface area (Å²) in [5.41, 5.74) is 3.35. The van der Waals surface area contributed by atoms with Crippen molar-refractivity contribution < 1.29 is 9.53 Å². The van der Waals surface area contributed by atoms with Gasteiger partial charge < -0.3 is 15.4 Å². The number of H-pyrrole nitrogens is 1. The van der Waals surface area contributed by atoms with Gasteiger partial charge in [0.1, 0.15) is 11.4 Å². The van der Waals surface area contributed by atoms with Gasteiger partial charge in [-0.25, -0.2) is 0 Å². The minimum atomic E-state index is -0.147. The van der Waals surface area contributed by atoms with Crippen molar-refractivity contribution in [2.24, 2.45) is 0 Å². The van der Waals surface area contributed by atoms with Crippen LogP contribution in [0.1, 0.15) is 5.69 Å². The predicted octanol–water partition coefficient (Wildman–Crippen LogP) is 1.89. The molecule has 3 N–H and O–H groups in total. The highest BCUT2D eigenvalue weighted by Gasteiger charge is 2.18. The van der Waals surface area contributed by atoms with Gasteiger partial charge in [0.15, 0.2) is 6.61 Å². The van der Waals surface area contributed by atoms with Gasteiger partial charge in [-0.1, -0.05) is 0 Å². The number of ether oxygens (including phenoxy) is 1. The molecular formula is C13H13BrN4O2. The quantitative estimate of drug-likeness (QED) is 0.799. The molecule has 0 unspecified atom stereocenters. The Morgan fingerprint density at radius 3 is 3.15 bits per heavy atom. The Bertz CT molecular complexity index is 668. The second kappa shape index (κ2) is 5.26. The molecule has 1 aliphatic heterocycles. The fourth-order valence-corrected chi connectivity index (χ4v) is 2.63. The molecule has 0 radical (unpaired) electrons. The number of hydrogen-bond donors (Lipinski definition) is 3. The molecule has 104 valence electrons. The van der Waals surface area contributed by atoms with Crippen LogP contribution in [0.15, 0.2) is 22.7 Å². The van der Waals surface area contributed by atoms with Crippen LogP contribution in [0.2, 0.25) is 0 Å². The summed E-state index contributed by atoms with van der Waals surface area (Å²) >= 11 is 3.54. The van der Waals surface area contributed by atoms with E-state index in [0.29, 0.717) is 18.0 Å². The van der Waals surface area contributed by atoms with Crippen molar-refractivity contribution in [3.63, 3.8) is 0 Å². The largest absolute Gasteiger partial charge is 0.482 e. The average molecular weight is 337 g/mol. The Morgan fingerprint density at radius 1 is 1.50 bits per heavy atom. The minimum absolute atomic E-state index is 0.0603. The van der Waals surface area contributed by atoms with Gasteiger partial charge in [0.2, 0.25) is 0 Å². The number of anilines is 1. The third kappa shape index (κ3) is 2.30. The van der Waals surface area contributed by atoms with E-state index in [9.17, 15) is 4.79 Å². The van der Waals surface area contributed by atoms with E-state index in [1.165, 1.54) is 0 Å². The summed E-state index contributed by atoms with van der Waals surface area (Å²) < 4.78 is 6.25. The second-order valence-electron chi connectivity index (χ2n) is 4.44. The molecule has 0 saturated heterocycles. The molecule has 0 atom stereocenters. The minimum Gasteiger partial charge on any atom is -0.482 e. The molecule has 1 amide bonds. The van der Waals surface area contributed by atoms with Gasteiger partial charge in [0, 0.05) is 12.1 Å². The number of amides is 1. The molecule has 3 rings (SSSR count). The number of aromatic nitrogens is 2. The van der Waals surface area contributed by atoms with Crippen molar-refractivity contribution in [1.82, 2.24) is 15.5 Å². The smallest absolute Gasteiger partial charge is 0.262 e. The van der Waals surface area contributed by atoms with Gasteiger partial charge >= 0.3 is 0 Å².